The molecule has 2 fully saturated rings. The third kappa shape index (κ3) is 7.03. The molecular formula is C19H36N4O4. The molecule has 0 aliphatic carbocycles. The number of ether oxygens (including phenoxy) is 2. The highest BCUT2D eigenvalue weighted by atomic mass is 16.5. The van der Waals surface area contributed by atoms with Crippen LogP contribution < -0.4 is 5.32 Å². The Bertz CT molecular complexity index is 472. The van der Waals surface area contributed by atoms with E-state index in [0.717, 1.165) is 32.6 Å². The largest absolute Gasteiger partial charge is 0.385 e. The predicted molar refractivity (Wildman–Crippen MR) is 104 cm³/mol. The van der Waals surface area contributed by atoms with E-state index in [2.05, 4.69) is 15.1 Å². The molecule has 0 aromatic rings. The van der Waals surface area contributed by atoms with Crippen LogP contribution >= 0.6 is 0 Å². The number of rotatable bonds is 8. The second-order valence-corrected chi connectivity index (χ2v) is 7.68. The average Bonchev–Trinajstić information content (AvgIpc) is 2.64. The number of nitrogens with one attached hydrogen (secondary N) is 1. The van der Waals surface area contributed by atoms with Gasteiger partial charge in [-0.05, 0) is 27.2 Å². The smallest absolute Gasteiger partial charge is 0.239 e. The number of hydrogen-bond donors (Lipinski definition) is 1. The van der Waals surface area contributed by atoms with Gasteiger partial charge >= 0.3 is 0 Å². The first-order valence-corrected chi connectivity index (χ1v) is 10.1. The van der Waals surface area contributed by atoms with Crippen LogP contribution in [0.2, 0.25) is 0 Å². The molecule has 0 aromatic carbocycles. The van der Waals surface area contributed by atoms with Gasteiger partial charge in [0.05, 0.1) is 24.8 Å². The molecule has 3 atom stereocenters. The summed E-state index contributed by atoms with van der Waals surface area (Å²) in [6.07, 6.45) is 1.00. The first-order chi connectivity index (χ1) is 12.9. The van der Waals surface area contributed by atoms with Crippen molar-refractivity contribution in [2.75, 3.05) is 66.1 Å². The quantitative estimate of drug-likeness (QED) is 0.584. The first-order valence-electron chi connectivity index (χ1n) is 10.1. The lowest BCUT2D eigenvalue weighted by Gasteiger charge is -2.41. The normalized spacial score (nSPS) is 26.0. The van der Waals surface area contributed by atoms with Crippen molar-refractivity contribution in [2.24, 2.45) is 0 Å². The molecule has 2 amide bonds. The summed E-state index contributed by atoms with van der Waals surface area (Å²) in [6, 6.07) is -0.132. The molecule has 156 valence electrons. The highest BCUT2D eigenvalue weighted by Gasteiger charge is 2.32. The monoisotopic (exact) mass is 384 g/mol. The fraction of sp³-hybridized carbons (Fsp3) is 0.895. The van der Waals surface area contributed by atoms with Crippen molar-refractivity contribution in [1.82, 2.24) is 20.0 Å². The van der Waals surface area contributed by atoms with Gasteiger partial charge in [-0.25, -0.2) is 0 Å². The Kier molecular flexibility index (Phi) is 8.95. The zero-order valence-corrected chi connectivity index (χ0v) is 17.3. The van der Waals surface area contributed by atoms with Gasteiger partial charge in [0.15, 0.2) is 0 Å². The number of methoxy groups -OCH3 is 1. The van der Waals surface area contributed by atoms with Crippen LogP contribution in [0.25, 0.3) is 0 Å². The molecule has 2 heterocycles. The van der Waals surface area contributed by atoms with Crippen molar-refractivity contribution in [3.8, 4) is 0 Å². The van der Waals surface area contributed by atoms with Gasteiger partial charge in [-0.1, -0.05) is 0 Å². The number of nitrogens with zero attached hydrogens (tertiary/aromatic N) is 3. The minimum absolute atomic E-state index is 0.0555. The fourth-order valence-corrected chi connectivity index (χ4v) is 3.79. The Labute approximate surface area is 163 Å². The maximum atomic E-state index is 12.9. The molecule has 2 rings (SSSR count). The van der Waals surface area contributed by atoms with Gasteiger partial charge in [0.25, 0.3) is 0 Å². The van der Waals surface area contributed by atoms with E-state index in [1.165, 1.54) is 0 Å². The highest BCUT2D eigenvalue weighted by molar-refractivity contribution is 5.81. The van der Waals surface area contributed by atoms with Crippen molar-refractivity contribution in [1.29, 1.82) is 0 Å². The molecule has 3 unspecified atom stereocenters. The van der Waals surface area contributed by atoms with Crippen LogP contribution in [-0.4, -0.2) is 111 Å². The van der Waals surface area contributed by atoms with Crippen molar-refractivity contribution < 1.29 is 19.1 Å². The zero-order valence-electron chi connectivity index (χ0n) is 17.3. The van der Waals surface area contributed by atoms with Crippen molar-refractivity contribution in [2.45, 2.75) is 45.4 Å². The Hall–Kier alpha value is -1.22. The summed E-state index contributed by atoms with van der Waals surface area (Å²) >= 11 is 0. The molecule has 8 heteroatoms. The zero-order chi connectivity index (χ0) is 19.8. The molecule has 0 spiro atoms. The molecule has 1 N–H and O–H groups in total. The number of morpholine rings is 1. The van der Waals surface area contributed by atoms with E-state index in [4.69, 9.17) is 9.47 Å². The number of amides is 2. The van der Waals surface area contributed by atoms with E-state index in [0.29, 0.717) is 32.8 Å². The maximum absolute atomic E-state index is 12.9. The number of piperazine rings is 1. The highest BCUT2D eigenvalue weighted by Crippen LogP contribution is 2.15. The fourth-order valence-electron chi connectivity index (χ4n) is 3.79. The number of carbonyl (C=O) groups excluding carboxylic acids is 2. The van der Waals surface area contributed by atoms with E-state index in [-0.39, 0.29) is 30.1 Å². The van der Waals surface area contributed by atoms with E-state index in [1.807, 2.05) is 25.7 Å². The van der Waals surface area contributed by atoms with Gasteiger partial charge < -0.3 is 19.7 Å². The number of carbonyl (C=O) groups is 2. The van der Waals surface area contributed by atoms with E-state index in [9.17, 15) is 9.59 Å². The predicted octanol–water partition coefficient (Wildman–Crippen LogP) is -0.219. The minimum Gasteiger partial charge on any atom is -0.385 e. The summed E-state index contributed by atoms with van der Waals surface area (Å²) in [5.74, 6) is 0.237. The maximum Gasteiger partial charge on any atom is 0.239 e. The third-order valence-corrected chi connectivity index (χ3v) is 5.26. The van der Waals surface area contributed by atoms with Gasteiger partial charge in [0, 0.05) is 59.5 Å². The SMILES string of the molecule is COCCCNC(=O)CN1CCN(C(C)C(=O)N2CC(C)OC(C)C2)CC1. The Morgan fingerprint density at radius 1 is 1.15 bits per heavy atom. The van der Waals surface area contributed by atoms with E-state index >= 15 is 0 Å². The second-order valence-electron chi connectivity index (χ2n) is 7.68. The summed E-state index contributed by atoms with van der Waals surface area (Å²) in [6.45, 7) is 12.3. The third-order valence-electron chi connectivity index (χ3n) is 5.26. The molecule has 27 heavy (non-hydrogen) atoms. The minimum atomic E-state index is -0.132. The molecule has 0 radical (unpaired) electrons. The molecule has 2 aliphatic heterocycles. The van der Waals surface area contributed by atoms with Crippen molar-refractivity contribution in [3.63, 3.8) is 0 Å². The van der Waals surface area contributed by atoms with Crippen LogP contribution in [0, 0.1) is 0 Å². The molecule has 0 saturated carbocycles. The van der Waals surface area contributed by atoms with Gasteiger partial charge in [-0.2, -0.15) is 0 Å². The van der Waals surface area contributed by atoms with Gasteiger partial charge in [0.2, 0.25) is 11.8 Å². The van der Waals surface area contributed by atoms with Crippen molar-refractivity contribution in [3.05, 3.63) is 0 Å². The number of hydrogen-bond acceptors (Lipinski definition) is 6. The summed E-state index contributed by atoms with van der Waals surface area (Å²) in [5, 5.41) is 2.92. The van der Waals surface area contributed by atoms with Gasteiger partial charge in [-0.3, -0.25) is 19.4 Å². The lowest BCUT2D eigenvalue weighted by atomic mass is 10.1. The summed E-state index contributed by atoms with van der Waals surface area (Å²) in [4.78, 5) is 31.2. The lowest BCUT2D eigenvalue weighted by molar-refractivity contribution is -0.149. The molecule has 2 saturated heterocycles. The summed E-state index contributed by atoms with van der Waals surface area (Å²) in [7, 11) is 1.66. The second kappa shape index (κ2) is 10.9. The van der Waals surface area contributed by atoms with Crippen LogP contribution in [0.15, 0.2) is 0 Å². The molecule has 8 nitrogen and oxygen atoms in total. The molecule has 0 aromatic heterocycles. The molecular weight excluding hydrogens is 348 g/mol. The Morgan fingerprint density at radius 3 is 2.37 bits per heavy atom. The van der Waals surface area contributed by atoms with Crippen LogP contribution in [0.4, 0.5) is 0 Å². The van der Waals surface area contributed by atoms with Gasteiger partial charge in [-0.15, -0.1) is 0 Å². The Morgan fingerprint density at radius 2 is 1.78 bits per heavy atom. The van der Waals surface area contributed by atoms with Crippen LogP contribution in [0.1, 0.15) is 27.2 Å². The standard InChI is InChI=1S/C19H36N4O4/c1-15-12-23(13-16(2)27-15)19(25)17(3)22-9-7-21(8-10-22)14-18(24)20-6-5-11-26-4/h15-17H,5-14H2,1-4H3,(H,20,24). The van der Waals surface area contributed by atoms with Crippen LogP contribution in [-0.2, 0) is 19.1 Å². The van der Waals surface area contributed by atoms with Gasteiger partial charge in [0.1, 0.15) is 0 Å². The lowest BCUT2D eigenvalue weighted by Crippen LogP contribution is -2.58. The molecule has 2 aliphatic rings. The average molecular weight is 385 g/mol. The molecule has 0 bridgehead atoms. The summed E-state index contributed by atoms with van der Waals surface area (Å²) in [5.41, 5.74) is 0. The summed E-state index contributed by atoms with van der Waals surface area (Å²) < 4.78 is 10.7. The van der Waals surface area contributed by atoms with E-state index < -0.39 is 0 Å². The topological polar surface area (TPSA) is 74.4 Å². The van der Waals surface area contributed by atoms with Crippen LogP contribution in [0.3, 0.4) is 0 Å². The van der Waals surface area contributed by atoms with Crippen LogP contribution in [0.5, 0.6) is 0 Å². The first kappa shape index (κ1) is 22.1. The van der Waals surface area contributed by atoms with Crippen molar-refractivity contribution >= 4 is 11.8 Å². The Balaban J connectivity index is 1.71. The van der Waals surface area contributed by atoms with E-state index in [1.54, 1.807) is 7.11 Å².